The van der Waals surface area contributed by atoms with Crippen molar-refractivity contribution in [3.63, 3.8) is 0 Å². The van der Waals surface area contributed by atoms with Crippen LogP contribution in [0.1, 0.15) is 29.6 Å². The predicted octanol–water partition coefficient (Wildman–Crippen LogP) is 3.22. The van der Waals surface area contributed by atoms with E-state index in [0.717, 1.165) is 5.56 Å². The van der Waals surface area contributed by atoms with Crippen LogP contribution in [0.5, 0.6) is 0 Å². The van der Waals surface area contributed by atoms with Gasteiger partial charge in [-0.3, -0.25) is 0 Å². The lowest BCUT2D eigenvalue weighted by atomic mass is 10.1. The highest BCUT2D eigenvalue weighted by molar-refractivity contribution is 6.22. The molecule has 4 nitrogen and oxygen atoms in total. The van der Waals surface area contributed by atoms with Crippen molar-refractivity contribution in [1.82, 2.24) is 10.2 Å². The van der Waals surface area contributed by atoms with Crippen LogP contribution in [0.15, 0.2) is 34.7 Å². The van der Waals surface area contributed by atoms with Gasteiger partial charge < -0.3 is 9.15 Å². The van der Waals surface area contributed by atoms with Gasteiger partial charge in [0.05, 0.1) is 0 Å². The van der Waals surface area contributed by atoms with Gasteiger partial charge in [-0.25, -0.2) is 0 Å². The van der Waals surface area contributed by atoms with Crippen molar-refractivity contribution in [3.05, 3.63) is 47.7 Å². The van der Waals surface area contributed by atoms with Crippen LogP contribution in [0.3, 0.4) is 0 Å². The molecule has 0 radical (unpaired) electrons. The number of ether oxygens (including phenoxy) is 1. The summed E-state index contributed by atoms with van der Waals surface area (Å²) in [7, 11) is 1.68. The minimum Gasteiger partial charge on any atom is -0.423 e. The maximum Gasteiger partial charge on any atom is 0.238 e. The molecule has 19 heavy (non-hydrogen) atoms. The molecule has 0 saturated heterocycles. The lowest BCUT2D eigenvalue weighted by Crippen LogP contribution is -2.07. The summed E-state index contributed by atoms with van der Waals surface area (Å²) >= 11 is 6.32. The molecule has 2 unspecified atom stereocenters. The molecule has 102 valence electrons. The smallest absolute Gasteiger partial charge is 0.238 e. The molecule has 0 aliphatic carbocycles. The summed E-state index contributed by atoms with van der Waals surface area (Å²) in [4.78, 5) is 0. The summed E-state index contributed by atoms with van der Waals surface area (Å²) in [6.07, 6.45) is 0.694. The molecule has 0 saturated carbocycles. The standard InChI is InChI=1S/C14H17ClN2O2/c1-10(9-18-2)8-12-16-17-14(19-12)13(15)11-6-4-3-5-7-11/h3-7,10,13H,8-9H2,1-2H3. The van der Waals surface area contributed by atoms with Gasteiger partial charge in [-0.15, -0.1) is 21.8 Å². The molecule has 0 fully saturated rings. The van der Waals surface area contributed by atoms with E-state index in [1.165, 1.54) is 0 Å². The Bertz CT molecular complexity index is 501. The van der Waals surface area contributed by atoms with Crippen LogP contribution in [0, 0.1) is 5.92 Å². The maximum atomic E-state index is 6.32. The zero-order chi connectivity index (χ0) is 13.7. The first-order valence-electron chi connectivity index (χ1n) is 6.21. The molecule has 0 amide bonds. The molecule has 0 N–H and O–H groups in total. The number of aromatic nitrogens is 2. The number of methoxy groups -OCH3 is 1. The first kappa shape index (κ1) is 14.0. The highest BCUT2D eigenvalue weighted by atomic mass is 35.5. The van der Waals surface area contributed by atoms with Gasteiger partial charge in [0.15, 0.2) is 0 Å². The number of alkyl halides is 1. The van der Waals surface area contributed by atoms with E-state index in [9.17, 15) is 0 Å². The van der Waals surface area contributed by atoms with Gasteiger partial charge in [-0.2, -0.15) is 0 Å². The second-order valence-electron chi connectivity index (χ2n) is 4.57. The monoisotopic (exact) mass is 280 g/mol. The Morgan fingerprint density at radius 3 is 2.68 bits per heavy atom. The quantitative estimate of drug-likeness (QED) is 0.762. The fourth-order valence-corrected chi connectivity index (χ4v) is 2.09. The molecule has 0 spiro atoms. The van der Waals surface area contributed by atoms with Crippen molar-refractivity contribution in [3.8, 4) is 0 Å². The van der Waals surface area contributed by atoms with E-state index in [1.54, 1.807) is 7.11 Å². The second-order valence-corrected chi connectivity index (χ2v) is 5.01. The number of nitrogens with zero attached hydrogens (tertiary/aromatic N) is 2. The summed E-state index contributed by atoms with van der Waals surface area (Å²) in [5.41, 5.74) is 0.948. The maximum absolute atomic E-state index is 6.32. The Balaban J connectivity index is 2.04. The molecule has 1 heterocycles. The molecule has 5 heteroatoms. The molecule has 0 bridgehead atoms. The normalized spacial score (nSPS) is 14.3. The topological polar surface area (TPSA) is 48.2 Å². The van der Waals surface area contributed by atoms with Crippen LogP contribution in [0.4, 0.5) is 0 Å². The van der Waals surface area contributed by atoms with Gasteiger partial charge in [-0.05, 0) is 11.5 Å². The van der Waals surface area contributed by atoms with E-state index < -0.39 is 5.38 Å². The average Bonchev–Trinajstić information content (AvgIpc) is 2.87. The minimum atomic E-state index is -0.403. The van der Waals surface area contributed by atoms with Crippen molar-refractivity contribution < 1.29 is 9.15 Å². The fourth-order valence-electron chi connectivity index (χ4n) is 1.86. The molecular formula is C14H17ClN2O2. The molecule has 2 rings (SSSR count). The Morgan fingerprint density at radius 2 is 2.00 bits per heavy atom. The lowest BCUT2D eigenvalue weighted by molar-refractivity contribution is 0.156. The van der Waals surface area contributed by atoms with Crippen LogP contribution < -0.4 is 0 Å². The molecule has 0 aliphatic heterocycles. The minimum absolute atomic E-state index is 0.337. The van der Waals surface area contributed by atoms with Crippen molar-refractivity contribution in [2.75, 3.05) is 13.7 Å². The van der Waals surface area contributed by atoms with Crippen molar-refractivity contribution in [1.29, 1.82) is 0 Å². The Labute approximate surface area is 117 Å². The Kier molecular flexibility index (Phi) is 4.93. The van der Waals surface area contributed by atoms with Gasteiger partial charge in [0.1, 0.15) is 5.38 Å². The largest absolute Gasteiger partial charge is 0.423 e. The van der Waals surface area contributed by atoms with Crippen molar-refractivity contribution in [2.24, 2.45) is 5.92 Å². The van der Waals surface area contributed by atoms with E-state index in [2.05, 4.69) is 17.1 Å². The number of rotatable bonds is 6. The van der Waals surface area contributed by atoms with E-state index in [0.29, 0.717) is 30.7 Å². The Hall–Kier alpha value is -1.39. The molecule has 1 aromatic heterocycles. The molecule has 1 aromatic carbocycles. The first-order chi connectivity index (χ1) is 9.20. The number of halogens is 1. The van der Waals surface area contributed by atoms with Crippen LogP contribution in [-0.4, -0.2) is 23.9 Å². The first-order valence-corrected chi connectivity index (χ1v) is 6.64. The second kappa shape index (κ2) is 6.68. The molecule has 2 atom stereocenters. The fraction of sp³-hybridized carbons (Fsp3) is 0.429. The summed E-state index contributed by atoms with van der Waals surface area (Å²) in [5.74, 6) is 1.37. The van der Waals surface area contributed by atoms with Crippen molar-refractivity contribution >= 4 is 11.6 Å². The van der Waals surface area contributed by atoms with Crippen LogP contribution in [-0.2, 0) is 11.2 Å². The highest BCUT2D eigenvalue weighted by Crippen LogP contribution is 2.27. The lowest BCUT2D eigenvalue weighted by Gasteiger charge is -2.06. The van der Waals surface area contributed by atoms with Crippen LogP contribution >= 0.6 is 11.6 Å². The third-order valence-corrected chi connectivity index (χ3v) is 3.20. The van der Waals surface area contributed by atoms with E-state index >= 15 is 0 Å². The van der Waals surface area contributed by atoms with E-state index in [-0.39, 0.29) is 0 Å². The molecule has 2 aromatic rings. The molecule has 0 aliphatic rings. The third kappa shape index (κ3) is 3.78. The molecular weight excluding hydrogens is 264 g/mol. The van der Waals surface area contributed by atoms with Crippen LogP contribution in [0.2, 0.25) is 0 Å². The number of benzene rings is 1. The number of hydrogen-bond acceptors (Lipinski definition) is 4. The summed E-state index contributed by atoms with van der Waals surface area (Å²) in [5, 5.41) is 7.64. The predicted molar refractivity (Wildman–Crippen MR) is 73.2 cm³/mol. The summed E-state index contributed by atoms with van der Waals surface area (Å²) in [6, 6.07) is 9.69. The van der Waals surface area contributed by atoms with Gasteiger partial charge in [-0.1, -0.05) is 37.3 Å². The summed E-state index contributed by atoms with van der Waals surface area (Å²) < 4.78 is 10.7. The van der Waals surface area contributed by atoms with Crippen molar-refractivity contribution in [2.45, 2.75) is 18.7 Å². The van der Waals surface area contributed by atoms with Gasteiger partial charge in [0.2, 0.25) is 11.8 Å². The third-order valence-electron chi connectivity index (χ3n) is 2.77. The number of hydrogen-bond donors (Lipinski definition) is 0. The zero-order valence-electron chi connectivity index (χ0n) is 11.0. The Morgan fingerprint density at radius 1 is 1.26 bits per heavy atom. The van der Waals surface area contributed by atoms with Gasteiger partial charge in [0, 0.05) is 20.1 Å². The summed E-state index contributed by atoms with van der Waals surface area (Å²) in [6.45, 7) is 2.74. The SMILES string of the molecule is COCC(C)Cc1nnc(C(Cl)c2ccccc2)o1. The van der Waals surface area contributed by atoms with Crippen LogP contribution in [0.25, 0.3) is 0 Å². The highest BCUT2D eigenvalue weighted by Gasteiger charge is 2.18. The van der Waals surface area contributed by atoms with Gasteiger partial charge in [0.25, 0.3) is 0 Å². The zero-order valence-corrected chi connectivity index (χ0v) is 11.8. The average molecular weight is 281 g/mol. The van der Waals surface area contributed by atoms with E-state index in [1.807, 2.05) is 30.3 Å². The van der Waals surface area contributed by atoms with E-state index in [4.69, 9.17) is 20.8 Å². The van der Waals surface area contributed by atoms with Gasteiger partial charge >= 0.3 is 0 Å².